The normalized spacial score (nSPS) is 14.7. The van der Waals surface area contributed by atoms with E-state index in [-0.39, 0.29) is 18.4 Å². The van der Waals surface area contributed by atoms with E-state index in [1.165, 1.54) is 0 Å². The predicted molar refractivity (Wildman–Crippen MR) is 172 cm³/mol. The maximum atomic E-state index is 13.8. The van der Waals surface area contributed by atoms with E-state index >= 15 is 0 Å². The van der Waals surface area contributed by atoms with Gasteiger partial charge in [-0.1, -0.05) is 52.3 Å². The first-order chi connectivity index (χ1) is 20.5. The number of likely N-dealkylation sites (N-methyl/N-ethyl adjacent to an activating group) is 1. The number of methoxy groups -OCH3 is 1. The summed E-state index contributed by atoms with van der Waals surface area (Å²) in [7, 11) is 3.77. The molecule has 1 amide bonds. The highest BCUT2D eigenvalue weighted by Crippen LogP contribution is 2.36. The molecular formula is C34H34BrN5O2. The summed E-state index contributed by atoms with van der Waals surface area (Å²) in [5.74, 6) is 0.594. The lowest BCUT2D eigenvalue weighted by Gasteiger charge is -2.36. The molecule has 214 valence electrons. The number of halogens is 1. The molecule has 0 spiro atoms. The Morgan fingerprint density at radius 2 is 1.76 bits per heavy atom. The van der Waals surface area contributed by atoms with Crippen LogP contribution in [-0.4, -0.2) is 79.1 Å². The summed E-state index contributed by atoms with van der Waals surface area (Å²) in [6.45, 7) is 4.04. The number of aromatic nitrogens is 2. The van der Waals surface area contributed by atoms with Gasteiger partial charge in [0.25, 0.3) is 0 Å². The molecule has 42 heavy (non-hydrogen) atoms. The van der Waals surface area contributed by atoms with E-state index in [2.05, 4.69) is 86.3 Å². The van der Waals surface area contributed by atoms with Crippen LogP contribution in [0.5, 0.6) is 5.88 Å². The summed E-state index contributed by atoms with van der Waals surface area (Å²) in [4.78, 5) is 29.8. The lowest BCUT2D eigenvalue weighted by atomic mass is 9.90. The molecule has 0 bridgehead atoms. The maximum Gasteiger partial charge on any atom is 0.242 e. The third-order valence-electron chi connectivity index (χ3n) is 8.09. The van der Waals surface area contributed by atoms with Crippen molar-refractivity contribution < 1.29 is 9.53 Å². The molecule has 1 unspecified atom stereocenters. The van der Waals surface area contributed by atoms with Crippen LogP contribution in [0.3, 0.4) is 0 Å². The lowest BCUT2D eigenvalue weighted by molar-refractivity contribution is -0.131. The lowest BCUT2D eigenvalue weighted by Crippen LogP contribution is -2.50. The minimum Gasteiger partial charge on any atom is -0.481 e. The monoisotopic (exact) mass is 623 g/mol. The van der Waals surface area contributed by atoms with E-state index in [1.807, 2.05) is 47.5 Å². The fraction of sp³-hybridized carbons (Fsp3) is 0.265. The average molecular weight is 625 g/mol. The number of rotatable bonds is 8. The van der Waals surface area contributed by atoms with Crippen molar-refractivity contribution in [3.63, 3.8) is 0 Å². The van der Waals surface area contributed by atoms with Gasteiger partial charge in [-0.2, -0.15) is 0 Å². The Morgan fingerprint density at radius 1 is 0.952 bits per heavy atom. The largest absolute Gasteiger partial charge is 0.481 e. The van der Waals surface area contributed by atoms with Crippen molar-refractivity contribution in [2.75, 3.05) is 58.3 Å². The Kier molecular flexibility index (Phi) is 8.35. The Bertz CT molecular complexity index is 1700. The molecule has 3 heterocycles. The summed E-state index contributed by atoms with van der Waals surface area (Å²) in [6.07, 6.45) is 1.81. The van der Waals surface area contributed by atoms with Crippen molar-refractivity contribution in [2.45, 2.75) is 5.92 Å². The zero-order chi connectivity index (χ0) is 29.1. The topological polar surface area (TPSA) is 61.8 Å². The molecule has 1 atom stereocenters. The second-order valence-electron chi connectivity index (χ2n) is 10.8. The van der Waals surface area contributed by atoms with Crippen molar-refractivity contribution in [1.29, 1.82) is 0 Å². The number of pyridine rings is 2. The van der Waals surface area contributed by atoms with Crippen molar-refractivity contribution in [1.82, 2.24) is 19.8 Å². The molecule has 5 aromatic rings. The van der Waals surface area contributed by atoms with E-state index in [0.717, 1.165) is 69.3 Å². The Labute approximate surface area is 254 Å². The summed E-state index contributed by atoms with van der Waals surface area (Å²) in [5, 5.41) is 2.04. The molecule has 1 aliphatic heterocycles. The number of piperazine rings is 1. The van der Waals surface area contributed by atoms with Crippen LogP contribution in [0.1, 0.15) is 17.0 Å². The van der Waals surface area contributed by atoms with E-state index in [4.69, 9.17) is 9.72 Å². The average Bonchev–Trinajstić information content (AvgIpc) is 3.02. The van der Waals surface area contributed by atoms with Crippen molar-refractivity contribution in [3.8, 4) is 5.88 Å². The van der Waals surface area contributed by atoms with E-state index in [1.54, 1.807) is 7.11 Å². The van der Waals surface area contributed by atoms with Crippen LogP contribution in [0.2, 0.25) is 0 Å². The van der Waals surface area contributed by atoms with Crippen LogP contribution in [0, 0.1) is 0 Å². The maximum absolute atomic E-state index is 13.8. The third-order valence-corrected chi connectivity index (χ3v) is 8.58. The minimum atomic E-state index is -0.121. The highest BCUT2D eigenvalue weighted by molar-refractivity contribution is 9.10. The van der Waals surface area contributed by atoms with E-state index in [0.29, 0.717) is 12.4 Å². The number of carbonyl (C=O) groups excluding carboxylic acids is 1. The highest BCUT2D eigenvalue weighted by atomic mass is 79.9. The van der Waals surface area contributed by atoms with Crippen LogP contribution in [0.15, 0.2) is 95.6 Å². The van der Waals surface area contributed by atoms with E-state index < -0.39 is 0 Å². The molecule has 6 rings (SSSR count). The number of hydrogen-bond donors (Lipinski definition) is 0. The molecular weight excluding hydrogens is 590 g/mol. The van der Waals surface area contributed by atoms with Gasteiger partial charge in [0.1, 0.15) is 0 Å². The van der Waals surface area contributed by atoms with Gasteiger partial charge in [-0.25, -0.2) is 4.98 Å². The van der Waals surface area contributed by atoms with Crippen molar-refractivity contribution >= 4 is 49.3 Å². The Morgan fingerprint density at radius 3 is 2.55 bits per heavy atom. The van der Waals surface area contributed by atoms with Gasteiger partial charge < -0.3 is 19.4 Å². The van der Waals surface area contributed by atoms with Gasteiger partial charge >= 0.3 is 0 Å². The standard InChI is InChI=1S/C34H34BrN5O2/c1-38-16-18-39(19-17-38)33(41)23-40(32-12-6-11-31-27(32)10-7-15-36-31)22-29(24-8-4-3-5-9-24)28-21-25-20-26(35)13-14-30(25)37-34(28)42-2/h3-15,20-21,29H,16-19,22-23H2,1-2H3. The molecule has 0 radical (unpaired) electrons. The molecule has 8 heteroatoms. The number of nitrogens with zero attached hydrogens (tertiary/aromatic N) is 5. The van der Waals surface area contributed by atoms with Crippen LogP contribution in [-0.2, 0) is 4.79 Å². The first-order valence-corrected chi connectivity index (χ1v) is 15.0. The molecule has 2 aromatic heterocycles. The number of anilines is 1. The number of benzene rings is 3. The second-order valence-corrected chi connectivity index (χ2v) is 11.7. The molecule has 3 aromatic carbocycles. The number of carbonyl (C=O) groups is 1. The smallest absolute Gasteiger partial charge is 0.242 e. The van der Waals surface area contributed by atoms with Gasteiger partial charge in [0.2, 0.25) is 11.8 Å². The summed E-state index contributed by atoms with van der Waals surface area (Å²) >= 11 is 3.62. The van der Waals surface area contributed by atoms with Crippen molar-refractivity contribution in [2.24, 2.45) is 0 Å². The first-order valence-electron chi connectivity index (χ1n) is 14.2. The van der Waals surface area contributed by atoms with Gasteiger partial charge in [-0.15, -0.1) is 0 Å². The van der Waals surface area contributed by atoms with Crippen LogP contribution < -0.4 is 9.64 Å². The fourth-order valence-corrected chi connectivity index (χ4v) is 6.16. The zero-order valence-electron chi connectivity index (χ0n) is 23.9. The number of ether oxygens (including phenoxy) is 1. The van der Waals surface area contributed by atoms with Gasteiger partial charge in [-0.3, -0.25) is 9.78 Å². The SMILES string of the molecule is COc1nc2ccc(Br)cc2cc1C(CN(CC(=O)N1CCN(C)CC1)c1cccc2ncccc12)c1ccccc1. The molecule has 0 aliphatic carbocycles. The quantitative estimate of drug-likeness (QED) is 0.212. The molecule has 1 saturated heterocycles. The molecule has 0 saturated carbocycles. The van der Waals surface area contributed by atoms with Gasteiger partial charge in [-0.05, 0) is 61.1 Å². The molecule has 1 aliphatic rings. The van der Waals surface area contributed by atoms with Crippen LogP contribution in [0.25, 0.3) is 21.8 Å². The molecule has 7 nitrogen and oxygen atoms in total. The Hall–Kier alpha value is -4.01. The van der Waals surface area contributed by atoms with Gasteiger partial charge in [0.15, 0.2) is 0 Å². The van der Waals surface area contributed by atoms with Gasteiger partial charge in [0.05, 0.1) is 24.7 Å². The third kappa shape index (κ3) is 5.96. The molecule has 0 N–H and O–H groups in total. The number of fused-ring (bicyclic) bond motifs is 2. The predicted octanol–water partition coefficient (Wildman–Crippen LogP) is 5.97. The first kappa shape index (κ1) is 28.1. The second kappa shape index (κ2) is 12.5. The van der Waals surface area contributed by atoms with Crippen LogP contribution in [0.4, 0.5) is 5.69 Å². The van der Waals surface area contributed by atoms with Gasteiger partial charge in [0, 0.05) is 71.3 Å². The van der Waals surface area contributed by atoms with Crippen molar-refractivity contribution in [3.05, 3.63) is 107 Å². The number of hydrogen-bond acceptors (Lipinski definition) is 6. The minimum absolute atomic E-state index is 0.121. The fourth-order valence-electron chi connectivity index (χ4n) is 5.78. The summed E-state index contributed by atoms with van der Waals surface area (Å²) < 4.78 is 6.89. The van der Waals surface area contributed by atoms with E-state index in [9.17, 15) is 4.79 Å². The molecule has 1 fully saturated rings. The summed E-state index contributed by atoms with van der Waals surface area (Å²) in [6, 6.07) is 28.8. The zero-order valence-corrected chi connectivity index (χ0v) is 25.5. The summed E-state index contributed by atoms with van der Waals surface area (Å²) in [5.41, 5.74) is 4.86. The number of amides is 1. The van der Waals surface area contributed by atoms with Crippen LogP contribution >= 0.6 is 15.9 Å². The Balaban J connectivity index is 1.46. The highest BCUT2D eigenvalue weighted by Gasteiger charge is 2.28.